The highest BCUT2D eigenvalue weighted by molar-refractivity contribution is 6.17. The maximum atomic E-state index is 13.1. The second kappa shape index (κ2) is 6.71. The first-order chi connectivity index (χ1) is 12.0. The van der Waals surface area contributed by atoms with Gasteiger partial charge in [0, 0.05) is 17.9 Å². The summed E-state index contributed by atoms with van der Waals surface area (Å²) in [6.45, 7) is 6.52. The molecule has 0 spiro atoms. The molecule has 0 bridgehead atoms. The first-order valence-electron chi connectivity index (χ1n) is 8.73. The zero-order valence-corrected chi connectivity index (χ0v) is 15.0. The number of carbonyl (C=O) groups excluding carboxylic acids is 2. The van der Waals surface area contributed by atoms with E-state index >= 15 is 0 Å². The SMILES string of the molecule is CCN(C(=O)C1(C(=O)Nc2ccc(C)c(C)c2)CC1)c1ccccc1. The number of hydrogen-bond donors (Lipinski definition) is 1. The number of rotatable bonds is 5. The lowest BCUT2D eigenvalue weighted by Crippen LogP contribution is -2.43. The Bertz CT molecular complexity index is 795. The molecule has 1 fully saturated rings. The van der Waals surface area contributed by atoms with Crippen LogP contribution in [0, 0.1) is 19.3 Å². The minimum absolute atomic E-state index is 0.109. The Morgan fingerprint density at radius 1 is 1.04 bits per heavy atom. The fourth-order valence-corrected chi connectivity index (χ4v) is 3.04. The van der Waals surface area contributed by atoms with Crippen molar-refractivity contribution in [2.24, 2.45) is 5.41 Å². The van der Waals surface area contributed by atoms with E-state index in [2.05, 4.69) is 5.32 Å². The Labute approximate surface area is 148 Å². The van der Waals surface area contributed by atoms with Crippen LogP contribution in [0.4, 0.5) is 11.4 Å². The van der Waals surface area contributed by atoms with Gasteiger partial charge in [-0.15, -0.1) is 0 Å². The number of aryl methyl sites for hydroxylation is 2. The number of nitrogens with zero attached hydrogens (tertiary/aromatic N) is 1. The normalized spacial score (nSPS) is 14.7. The average molecular weight is 336 g/mol. The Hall–Kier alpha value is -2.62. The van der Waals surface area contributed by atoms with Crippen LogP contribution in [-0.2, 0) is 9.59 Å². The summed E-state index contributed by atoms with van der Waals surface area (Å²) in [5, 5.41) is 2.94. The van der Waals surface area contributed by atoms with Gasteiger partial charge in [0.25, 0.3) is 0 Å². The molecule has 3 rings (SSSR count). The summed E-state index contributed by atoms with van der Waals surface area (Å²) >= 11 is 0. The van der Waals surface area contributed by atoms with Crippen LogP contribution in [0.15, 0.2) is 48.5 Å². The maximum Gasteiger partial charge on any atom is 0.242 e. The zero-order valence-electron chi connectivity index (χ0n) is 15.0. The van der Waals surface area contributed by atoms with Crippen LogP contribution < -0.4 is 10.2 Å². The number of anilines is 2. The van der Waals surface area contributed by atoms with Crippen molar-refractivity contribution in [3.63, 3.8) is 0 Å². The maximum absolute atomic E-state index is 13.1. The number of benzene rings is 2. The van der Waals surface area contributed by atoms with Crippen molar-refractivity contribution in [2.45, 2.75) is 33.6 Å². The van der Waals surface area contributed by atoms with Crippen LogP contribution in [0.25, 0.3) is 0 Å². The van der Waals surface area contributed by atoms with Gasteiger partial charge >= 0.3 is 0 Å². The first kappa shape index (κ1) is 17.2. The lowest BCUT2D eigenvalue weighted by molar-refractivity contribution is -0.132. The summed E-state index contributed by atoms with van der Waals surface area (Å²) in [4.78, 5) is 27.6. The molecule has 2 aromatic carbocycles. The van der Waals surface area contributed by atoms with Gasteiger partial charge in [-0.1, -0.05) is 24.3 Å². The fourth-order valence-electron chi connectivity index (χ4n) is 3.04. The third-order valence-corrected chi connectivity index (χ3v) is 4.99. The molecule has 25 heavy (non-hydrogen) atoms. The Kier molecular flexibility index (Phi) is 4.62. The quantitative estimate of drug-likeness (QED) is 0.837. The van der Waals surface area contributed by atoms with E-state index in [0.29, 0.717) is 19.4 Å². The lowest BCUT2D eigenvalue weighted by Gasteiger charge is -2.26. The third-order valence-electron chi connectivity index (χ3n) is 4.99. The molecule has 1 saturated carbocycles. The Morgan fingerprint density at radius 3 is 2.28 bits per heavy atom. The molecule has 0 heterocycles. The highest BCUT2D eigenvalue weighted by Gasteiger charge is 2.58. The minimum Gasteiger partial charge on any atom is -0.325 e. The second-order valence-electron chi connectivity index (χ2n) is 6.72. The highest BCUT2D eigenvalue weighted by atomic mass is 16.2. The van der Waals surface area contributed by atoms with Gasteiger partial charge in [-0.3, -0.25) is 9.59 Å². The van der Waals surface area contributed by atoms with Crippen molar-refractivity contribution in [1.82, 2.24) is 0 Å². The van der Waals surface area contributed by atoms with E-state index < -0.39 is 5.41 Å². The molecule has 0 aromatic heterocycles. The first-order valence-corrected chi connectivity index (χ1v) is 8.73. The van der Waals surface area contributed by atoms with E-state index in [4.69, 9.17) is 0 Å². The van der Waals surface area contributed by atoms with Gasteiger partial charge in [0.2, 0.25) is 11.8 Å². The van der Waals surface area contributed by atoms with E-state index in [1.54, 1.807) is 4.90 Å². The van der Waals surface area contributed by atoms with E-state index in [1.165, 1.54) is 5.56 Å². The van der Waals surface area contributed by atoms with Gasteiger partial charge in [-0.25, -0.2) is 0 Å². The smallest absolute Gasteiger partial charge is 0.242 e. The van der Waals surface area contributed by atoms with Crippen LogP contribution >= 0.6 is 0 Å². The summed E-state index contributed by atoms with van der Waals surface area (Å²) in [6.07, 6.45) is 1.21. The predicted octanol–water partition coefficient (Wildman–Crippen LogP) is 4.08. The van der Waals surface area contributed by atoms with Gasteiger partial charge in [-0.05, 0) is 69.0 Å². The fraction of sp³-hybridized carbons (Fsp3) is 0.333. The Morgan fingerprint density at radius 2 is 1.72 bits per heavy atom. The molecule has 2 amide bonds. The zero-order chi connectivity index (χ0) is 18.0. The molecule has 2 aromatic rings. The summed E-state index contributed by atoms with van der Waals surface area (Å²) in [7, 11) is 0. The molecular formula is C21H24N2O2. The van der Waals surface area contributed by atoms with Gasteiger partial charge in [0.05, 0.1) is 0 Å². The van der Waals surface area contributed by atoms with Crippen LogP contribution in [-0.4, -0.2) is 18.4 Å². The number of para-hydroxylation sites is 1. The number of hydrogen-bond acceptors (Lipinski definition) is 2. The van der Waals surface area contributed by atoms with Gasteiger partial charge in [0.15, 0.2) is 0 Å². The van der Waals surface area contributed by atoms with Crippen molar-refractivity contribution in [1.29, 1.82) is 0 Å². The molecule has 130 valence electrons. The molecule has 0 aliphatic heterocycles. The molecule has 0 unspecified atom stereocenters. The van der Waals surface area contributed by atoms with Gasteiger partial charge in [0.1, 0.15) is 5.41 Å². The minimum atomic E-state index is -0.926. The van der Waals surface area contributed by atoms with Gasteiger partial charge in [-0.2, -0.15) is 0 Å². The average Bonchev–Trinajstić information content (AvgIpc) is 3.42. The van der Waals surface area contributed by atoms with E-state index in [1.807, 2.05) is 69.3 Å². The summed E-state index contributed by atoms with van der Waals surface area (Å²) < 4.78 is 0. The van der Waals surface area contributed by atoms with Gasteiger partial charge < -0.3 is 10.2 Å². The predicted molar refractivity (Wildman–Crippen MR) is 101 cm³/mol. The molecule has 1 aliphatic rings. The molecule has 1 aliphatic carbocycles. The molecule has 4 heteroatoms. The molecule has 1 N–H and O–H groups in total. The summed E-state index contributed by atoms with van der Waals surface area (Å²) in [5.74, 6) is -0.308. The van der Waals surface area contributed by atoms with Crippen molar-refractivity contribution in [2.75, 3.05) is 16.8 Å². The largest absolute Gasteiger partial charge is 0.325 e. The van der Waals surface area contributed by atoms with E-state index in [-0.39, 0.29) is 11.8 Å². The molecule has 0 saturated heterocycles. The number of amides is 2. The highest BCUT2D eigenvalue weighted by Crippen LogP contribution is 2.48. The molecule has 4 nitrogen and oxygen atoms in total. The van der Waals surface area contributed by atoms with Crippen molar-refractivity contribution >= 4 is 23.2 Å². The van der Waals surface area contributed by atoms with Crippen LogP contribution in [0.2, 0.25) is 0 Å². The van der Waals surface area contributed by atoms with Crippen molar-refractivity contribution in [3.05, 3.63) is 59.7 Å². The molecular weight excluding hydrogens is 312 g/mol. The van der Waals surface area contributed by atoms with E-state index in [9.17, 15) is 9.59 Å². The monoisotopic (exact) mass is 336 g/mol. The van der Waals surface area contributed by atoms with Crippen molar-refractivity contribution in [3.8, 4) is 0 Å². The second-order valence-corrected chi connectivity index (χ2v) is 6.72. The lowest BCUT2D eigenvalue weighted by atomic mass is 10.0. The van der Waals surface area contributed by atoms with Crippen molar-refractivity contribution < 1.29 is 9.59 Å². The number of carbonyl (C=O) groups is 2. The third kappa shape index (κ3) is 3.29. The van der Waals surface area contributed by atoms with Crippen LogP contribution in [0.3, 0.4) is 0 Å². The molecule has 0 atom stereocenters. The van der Waals surface area contributed by atoms with Crippen LogP contribution in [0.1, 0.15) is 30.9 Å². The number of nitrogens with one attached hydrogen (secondary N) is 1. The molecule has 0 radical (unpaired) electrons. The standard InChI is InChI=1S/C21H24N2O2/c1-4-23(18-8-6-5-7-9-18)20(25)21(12-13-21)19(24)22-17-11-10-15(2)16(3)14-17/h5-11,14H,4,12-13H2,1-3H3,(H,22,24). The summed E-state index contributed by atoms with van der Waals surface area (Å²) in [5.41, 5.74) is 2.95. The van der Waals surface area contributed by atoms with Crippen LogP contribution in [0.5, 0.6) is 0 Å². The van der Waals surface area contributed by atoms with E-state index in [0.717, 1.165) is 16.9 Å². The summed E-state index contributed by atoms with van der Waals surface area (Å²) in [6, 6.07) is 15.3. The topological polar surface area (TPSA) is 49.4 Å². The Balaban J connectivity index is 1.79.